The van der Waals surface area contributed by atoms with E-state index in [1.165, 1.54) is 0 Å². The Kier molecular flexibility index (Phi) is 5.48. The average Bonchev–Trinajstić information content (AvgIpc) is 2.58. The highest BCUT2D eigenvalue weighted by Gasteiger charge is 2.08. The standard InChI is InChI=1S/C18H18N6O/c1-11-3-6-13(7-4-11)18(25)22-15-9-14(8-5-12(15)2)23-24-16(10-19)17(20)21/h3-9,23H,1-2H3,(H3,20,21)(H,22,25)/b24-16+. The summed E-state index contributed by atoms with van der Waals surface area (Å²) in [5, 5.41) is 22.7. The van der Waals surface area contributed by atoms with E-state index in [2.05, 4.69) is 15.8 Å². The van der Waals surface area contributed by atoms with Crippen molar-refractivity contribution < 1.29 is 4.79 Å². The lowest BCUT2D eigenvalue weighted by molar-refractivity contribution is 0.102. The number of amides is 1. The molecule has 0 atom stereocenters. The van der Waals surface area contributed by atoms with Gasteiger partial charge in [-0.2, -0.15) is 10.4 Å². The van der Waals surface area contributed by atoms with Gasteiger partial charge >= 0.3 is 0 Å². The molecule has 0 heterocycles. The molecule has 2 rings (SSSR count). The summed E-state index contributed by atoms with van der Waals surface area (Å²) in [4.78, 5) is 12.3. The predicted molar refractivity (Wildman–Crippen MR) is 98.9 cm³/mol. The van der Waals surface area contributed by atoms with E-state index in [-0.39, 0.29) is 11.6 Å². The van der Waals surface area contributed by atoms with E-state index in [4.69, 9.17) is 16.4 Å². The van der Waals surface area contributed by atoms with E-state index in [0.717, 1.165) is 11.1 Å². The van der Waals surface area contributed by atoms with Crippen LogP contribution in [0.25, 0.3) is 0 Å². The quantitative estimate of drug-likeness (QED) is 0.381. The Morgan fingerprint density at radius 3 is 2.48 bits per heavy atom. The van der Waals surface area contributed by atoms with E-state index in [9.17, 15) is 4.79 Å². The molecule has 0 bridgehead atoms. The second-order valence-corrected chi connectivity index (χ2v) is 5.45. The second-order valence-electron chi connectivity index (χ2n) is 5.45. The normalized spacial score (nSPS) is 10.7. The smallest absolute Gasteiger partial charge is 0.255 e. The van der Waals surface area contributed by atoms with E-state index >= 15 is 0 Å². The van der Waals surface area contributed by atoms with Crippen LogP contribution in [0.2, 0.25) is 0 Å². The number of hydrazone groups is 1. The van der Waals surface area contributed by atoms with Gasteiger partial charge in [0, 0.05) is 11.3 Å². The van der Waals surface area contributed by atoms with Gasteiger partial charge in [0.25, 0.3) is 5.91 Å². The number of anilines is 2. The highest BCUT2D eigenvalue weighted by molar-refractivity contribution is 6.45. The molecule has 1 amide bonds. The number of carbonyl (C=O) groups is 1. The highest BCUT2D eigenvalue weighted by Crippen LogP contribution is 2.21. The van der Waals surface area contributed by atoms with E-state index in [0.29, 0.717) is 16.9 Å². The maximum atomic E-state index is 12.3. The van der Waals surface area contributed by atoms with Crippen molar-refractivity contribution in [3.05, 3.63) is 59.2 Å². The van der Waals surface area contributed by atoms with Crippen molar-refractivity contribution in [2.45, 2.75) is 13.8 Å². The Balaban J connectivity index is 2.19. The fourth-order valence-electron chi connectivity index (χ4n) is 1.99. The van der Waals surface area contributed by atoms with Crippen molar-refractivity contribution in [2.24, 2.45) is 10.8 Å². The third-order valence-corrected chi connectivity index (χ3v) is 3.46. The number of nitriles is 1. The molecule has 7 heteroatoms. The van der Waals surface area contributed by atoms with Crippen LogP contribution < -0.4 is 16.5 Å². The average molecular weight is 334 g/mol. The van der Waals surface area contributed by atoms with Gasteiger partial charge in [-0.15, -0.1) is 0 Å². The van der Waals surface area contributed by atoms with Gasteiger partial charge in [-0.05, 0) is 43.7 Å². The molecule has 0 aliphatic carbocycles. The molecule has 0 aliphatic heterocycles. The lowest BCUT2D eigenvalue weighted by Gasteiger charge is -2.11. The first kappa shape index (κ1) is 17.7. The molecule has 0 radical (unpaired) electrons. The van der Waals surface area contributed by atoms with E-state index < -0.39 is 5.84 Å². The molecule has 0 saturated heterocycles. The van der Waals surface area contributed by atoms with Crippen molar-refractivity contribution in [2.75, 3.05) is 10.7 Å². The van der Waals surface area contributed by atoms with Crippen molar-refractivity contribution in [3.63, 3.8) is 0 Å². The van der Waals surface area contributed by atoms with Gasteiger partial charge in [-0.1, -0.05) is 23.8 Å². The molecule has 0 aliphatic rings. The van der Waals surface area contributed by atoms with Crippen LogP contribution in [0.5, 0.6) is 0 Å². The van der Waals surface area contributed by atoms with Gasteiger partial charge in [0.05, 0.1) is 5.69 Å². The van der Waals surface area contributed by atoms with Crippen LogP contribution in [0.4, 0.5) is 11.4 Å². The Morgan fingerprint density at radius 1 is 1.20 bits per heavy atom. The Hall–Kier alpha value is -3.66. The predicted octanol–water partition coefficient (Wildman–Crippen LogP) is 2.78. The van der Waals surface area contributed by atoms with Crippen molar-refractivity contribution in [1.82, 2.24) is 0 Å². The van der Waals surface area contributed by atoms with Crippen LogP contribution >= 0.6 is 0 Å². The molecule has 2 aromatic rings. The van der Waals surface area contributed by atoms with Crippen molar-refractivity contribution in [1.29, 1.82) is 10.7 Å². The number of benzene rings is 2. The number of hydrogen-bond donors (Lipinski definition) is 4. The Bertz CT molecular complexity index is 877. The molecular formula is C18H18N6O. The molecule has 7 nitrogen and oxygen atoms in total. The minimum absolute atomic E-state index is 0.217. The number of rotatable bonds is 5. The molecule has 126 valence electrons. The molecule has 5 N–H and O–H groups in total. The minimum atomic E-state index is -0.421. The zero-order chi connectivity index (χ0) is 18.4. The number of aryl methyl sites for hydroxylation is 2. The number of nitrogens with two attached hydrogens (primary N) is 1. The number of amidine groups is 1. The monoisotopic (exact) mass is 334 g/mol. The molecular weight excluding hydrogens is 316 g/mol. The summed E-state index contributed by atoms with van der Waals surface area (Å²) < 4.78 is 0. The third kappa shape index (κ3) is 4.65. The van der Waals surface area contributed by atoms with Crippen molar-refractivity contribution in [3.8, 4) is 6.07 Å². The molecule has 0 fully saturated rings. The fourth-order valence-corrected chi connectivity index (χ4v) is 1.99. The van der Waals surface area contributed by atoms with E-state index in [1.54, 1.807) is 30.3 Å². The SMILES string of the molecule is Cc1ccc(C(=O)Nc2cc(N/N=C(\C#N)C(=N)N)ccc2C)cc1. The highest BCUT2D eigenvalue weighted by atomic mass is 16.1. The minimum Gasteiger partial charge on any atom is -0.382 e. The van der Waals surface area contributed by atoms with Crippen LogP contribution in [-0.2, 0) is 0 Å². The number of hydrogen-bond acceptors (Lipinski definition) is 5. The zero-order valence-electron chi connectivity index (χ0n) is 13.9. The summed E-state index contributed by atoms with van der Waals surface area (Å²) in [6, 6.07) is 14.2. The summed E-state index contributed by atoms with van der Waals surface area (Å²) >= 11 is 0. The summed E-state index contributed by atoms with van der Waals surface area (Å²) in [5.41, 5.74) is 11.4. The van der Waals surface area contributed by atoms with Gasteiger partial charge in [0.15, 0.2) is 5.84 Å². The van der Waals surface area contributed by atoms with E-state index in [1.807, 2.05) is 32.0 Å². The molecule has 2 aromatic carbocycles. The van der Waals surface area contributed by atoms with Crippen LogP contribution in [0, 0.1) is 30.6 Å². The molecule has 0 spiro atoms. The lowest BCUT2D eigenvalue weighted by Crippen LogP contribution is -2.21. The fraction of sp³-hybridized carbons (Fsp3) is 0.111. The van der Waals surface area contributed by atoms with Gasteiger partial charge in [0.2, 0.25) is 5.71 Å². The number of carbonyl (C=O) groups excluding carboxylic acids is 1. The third-order valence-electron chi connectivity index (χ3n) is 3.46. The maximum absolute atomic E-state index is 12.3. The van der Waals surface area contributed by atoms with Gasteiger partial charge in [0.1, 0.15) is 6.07 Å². The Labute approximate surface area is 145 Å². The van der Waals surface area contributed by atoms with Crippen LogP contribution in [0.1, 0.15) is 21.5 Å². The summed E-state index contributed by atoms with van der Waals surface area (Å²) in [5.74, 6) is -0.639. The number of nitrogens with zero attached hydrogens (tertiary/aromatic N) is 2. The lowest BCUT2D eigenvalue weighted by atomic mass is 10.1. The zero-order valence-corrected chi connectivity index (χ0v) is 13.9. The van der Waals surface area contributed by atoms with Crippen molar-refractivity contribution >= 4 is 28.8 Å². The van der Waals surface area contributed by atoms with Crippen LogP contribution in [-0.4, -0.2) is 17.5 Å². The maximum Gasteiger partial charge on any atom is 0.255 e. The number of nitrogens with one attached hydrogen (secondary N) is 3. The van der Waals surface area contributed by atoms with Crippen LogP contribution in [0.3, 0.4) is 0 Å². The second kappa shape index (κ2) is 7.75. The summed E-state index contributed by atoms with van der Waals surface area (Å²) in [6.07, 6.45) is 0. The molecule has 0 unspecified atom stereocenters. The van der Waals surface area contributed by atoms with Gasteiger partial charge in [-0.3, -0.25) is 15.6 Å². The van der Waals surface area contributed by atoms with Gasteiger partial charge in [-0.25, -0.2) is 0 Å². The first-order valence-electron chi connectivity index (χ1n) is 7.47. The molecule has 25 heavy (non-hydrogen) atoms. The summed E-state index contributed by atoms with van der Waals surface area (Å²) in [6.45, 7) is 3.83. The first-order chi connectivity index (χ1) is 11.9. The van der Waals surface area contributed by atoms with Gasteiger partial charge < -0.3 is 11.1 Å². The van der Waals surface area contributed by atoms with Crippen LogP contribution in [0.15, 0.2) is 47.6 Å². The molecule has 0 saturated carbocycles. The summed E-state index contributed by atoms with van der Waals surface area (Å²) in [7, 11) is 0. The largest absolute Gasteiger partial charge is 0.382 e. The molecule has 0 aromatic heterocycles. The first-order valence-corrected chi connectivity index (χ1v) is 7.47. The Morgan fingerprint density at radius 2 is 1.88 bits per heavy atom. The topological polar surface area (TPSA) is 127 Å².